The van der Waals surface area contributed by atoms with E-state index in [4.69, 9.17) is 10.5 Å². The molecule has 0 bridgehead atoms. The highest BCUT2D eigenvalue weighted by Gasteiger charge is 2.16. The van der Waals surface area contributed by atoms with E-state index in [2.05, 4.69) is 9.68 Å². The van der Waals surface area contributed by atoms with Crippen molar-refractivity contribution in [3.8, 4) is 0 Å². The maximum Gasteiger partial charge on any atom is 0.306 e. The smallest absolute Gasteiger partial charge is 0.306 e. The number of nitrogen functional groups attached to an aromatic ring is 1. The van der Waals surface area contributed by atoms with Crippen molar-refractivity contribution in [2.45, 2.75) is 39.2 Å². The lowest BCUT2D eigenvalue weighted by Gasteiger charge is -2.19. The Morgan fingerprint density at radius 2 is 2.27 bits per heavy atom. The summed E-state index contributed by atoms with van der Waals surface area (Å²) >= 11 is 0. The number of aryl methyl sites for hydroxylation is 1. The minimum atomic E-state index is -0.445. The summed E-state index contributed by atoms with van der Waals surface area (Å²) in [5.74, 6) is 0.0123. The van der Waals surface area contributed by atoms with Crippen LogP contribution in [0.15, 0.2) is 10.6 Å². The standard InChI is InChI=1S/C10H16N2O3/c1-10(2,3)14-9(13)5-4-7-6-8(11)15-12-7/h6H,4-5,11H2,1-3H3. The van der Waals surface area contributed by atoms with Gasteiger partial charge in [0.2, 0.25) is 5.88 Å². The Labute approximate surface area is 88.6 Å². The summed E-state index contributed by atoms with van der Waals surface area (Å²) in [4.78, 5) is 11.3. The first kappa shape index (κ1) is 11.6. The lowest BCUT2D eigenvalue weighted by atomic mass is 10.2. The Balaban J connectivity index is 2.35. The third kappa shape index (κ3) is 4.49. The maximum atomic E-state index is 11.3. The van der Waals surface area contributed by atoms with E-state index in [0.717, 1.165) is 0 Å². The molecule has 5 heteroatoms. The zero-order chi connectivity index (χ0) is 11.5. The van der Waals surface area contributed by atoms with Crippen molar-refractivity contribution in [3.05, 3.63) is 11.8 Å². The van der Waals surface area contributed by atoms with E-state index in [-0.39, 0.29) is 18.3 Å². The van der Waals surface area contributed by atoms with Crippen molar-refractivity contribution >= 4 is 11.9 Å². The third-order valence-electron chi connectivity index (χ3n) is 1.58. The number of hydrogen-bond acceptors (Lipinski definition) is 5. The predicted octanol–water partition coefficient (Wildman–Crippen LogP) is 1.53. The second kappa shape index (κ2) is 4.33. The van der Waals surface area contributed by atoms with Crippen LogP contribution < -0.4 is 5.73 Å². The summed E-state index contributed by atoms with van der Waals surface area (Å²) in [5, 5.41) is 3.68. The number of nitrogens with zero attached hydrogens (tertiary/aromatic N) is 1. The lowest BCUT2D eigenvalue weighted by molar-refractivity contribution is -0.154. The topological polar surface area (TPSA) is 78.4 Å². The van der Waals surface area contributed by atoms with Crippen LogP contribution in [0, 0.1) is 0 Å². The van der Waals surface area contributed by atoms with Crippen LogP contribution in [-0.4, -0.2) is 16.7 Å². The Morgan fingerprint density at radius 1 is 1.60 bits per heavy atom. The van der Waals surface area contributed by atoms with E-state index in [1.54, 1.807) is 6.07 Å². The average Bonchev–Trinajstić information content (AvgIpc) is 2.45. The van der Waals surface area contributed by atoms with Crippen molar-refractivity contribution in [1.29, 1.82) is 0 Å². The van der Waals surface area contributed by atoms with Crippen LogP contribution in [0.3, 0.4) is 0 Å². The largest absolute Gasteiger partial charge is 0.460 e. The molecule has 1 heterocycles. The fraction of sp³-hybridized carbons (Fsp3) is 0.600. The van der Waals surface area contributed by atoms with Gasteiger partial charge in [-0.25, -0.2) is 0 Å². The summed E-state index contributed by atoms with van der Waals surface area (Å²) in [5.41, 5.74) is 5.56. The van der Waals surface area contributed by atoms with Gasteiger partial charge in [0, 0.05) is 12.5 Å². The van der Waals surface area contributed by atoms with Gasteiger partial charge in [-0.05, 0) is 20.8 Å². The van der Waals surface area contributed by atoms with Crippen molar-refractivity contribution < 1.29 is 14.1 Å². The Hall–Kier alpha value is -1.52. The molecule has 0 aromatic carbocycles. The molecule has 0 unspecified atom stereocenters. The number of anilines is 1. The summed E-state index contributed by atoms with van der Waals surface area (Å²) in [6, 6.07) is 1.60. The van der Waals surface area contributed by atoms with E-state index in [1.807, 2.05) is 20.8 Å². The summed E-state index contributed by atoms with van der Waals surface area (Å²) in [6.45, 7) is 5.50. The maximum absolute atomic E-state index is 11.3. The molecule has 0 atom stereocenters. The van der Waals surface area contributed by atoms with Gasteiger partial charge in [0.25, 0.3) is 0 Å². The number of hydrogen-bond donors (Lipinski definition) is 1. The van der Waals surface area contributed by atoms with E-state index >= 15 is 0 Å². The summed E-state index contributed by atoms with van der Waals surface area (Å²) in [7, 11) is 0. The van der Waals surface area contributed by atoms with Crippen molar-refractivity contribution in [3.63, 3.8) is 0 Å². The van der Waals surface area contributed by atoms with Crippen molar-refractivity contribution in [2.24, 2.45) is 0 Å². The molecule has 0 saturated carbocycles. The van der Waals surface area contributed by atoms with E-state index in [0.29, 0.717) is 12.1 Å². The van der Waals surface area contributed by atoms with Gasteiger partial charge < -0.3 is 15.0 Å². The number of esters is 1. The molecule has 1 aromatic heterocycles. The highest BCUT2D eigenvalue weighted by molar-refractivity contribution is 5.70. The zero-order valence-electron chi connectivity index (χ0n) is 9.24. The van der Waals surface area contributed by atoms with Gasteiger partial charge in [-0.2, -0.15) is 0 Å². The monoisotopic (exact) mass is 212 g/mol. The molecular weight excluding hydrogens is 196 g/mol. The van der Waals surface area contributed by atoms with Crippen LogP contribution in [-0.2, 0) is 16.0 Å². The Morgan fingerprint density at radius 3 is 2.73 bits per heavy atom. The molecule has 0 saturated heterocycles. The molecule has 84 valence electrons. The molecule has 1 rings (SSSR count). The van der Waals surface area contributed by atoms with Gasteiger partial charge in [-0.15, -0.1) is 0 Å². The fourth-order valence-corrected chi connectivity index (χ4v) is 1.07. The molecular formula is C10H16N2O3. The zero-order valence-corrected chi connectivity index (χ0v) is 9.24. The van der Waals surface area contributed by atoms with E-state index in [1.165, 1.54) is 0 Å². The molecule has 1 aromatic rings. The van der Waals surface area contributed by atoms with Gasteiger partial charge in [0.15, 0.2) is 0 Å². The molecule has 15 heavy (non-hydrogen) atoms. The lowest BCUT2D eigenvalue weighted by Crippen LogP contribution is -2.24. The first-order chi connectivity index (χ1) is 6.87. The normalized spacial score (nSPS) is 11.4. The average molecular weight is 212 g/mol. The van der Waals surface area contributed by atoms with E-state index < -0.39 is 5.60 Å². The second-order valence-electron chi connectivity index (χ2n) is 4.31. The van der Waals surface area contributed by atoms with Crippen LogP contribution in [0.4, 0.5) is 5.88 Å². The summed E-state index contributed by atoms with van der Waals surface area (Å²) in [6.07, 6.45) is 0.763. The number of carbonyl (C=O) groups is 1. The molecule has 0 aliphatic heterocycles. The minimum absolute atomic E-state index is 0.246. The number of rotatable bonds is 3. The van der Waals surface area contributed by atoms with Crippen LogP contribution in [0.25, 0.3) is 0 Å². The van der Waals surface area contributed by atoms with Crippen LogP contribution in [0.2, 0.25) is 0 Å². The number of nitrogens with two attached hydrogens (primary N) is 1. The Kier molecular flexibility index (Phi) is 3.34. The van der Waals surface area contributed by atoms with Crippen molar-refractivity contribution in [1.82, 2.24) is 5.16 Å². The number of ether oxygens (including phenoxy) is 1. The molecule has 0 spiro atoms. The summed E-state index contributed by atoms with van der Waals surface area (Å²) < 4.78 is 9.81. The second-order valence-corrected chi connectivity index (χ2v) is 4.31. The molecule has 0 aliphatic carbocycles. The number of aromatic nitrogens is 1. The molecule has 0 amide bonds. The molecule has 2 N–H and O–H groups in total. The van der Waals surface area contributed by atoms with Gasteiger partial charge in [-0.3, -0.25) is 4.79 Å². The first-order valence-corrected chi connectivity index (χ1v) is 4.80. The van der Waals surface area contributed by atoms with Gasteiger partial charge in [0.1, 0.15) is 5.60 Å². The van der Waals surface area contributed by atoms with Crippen LogP contribution in [0.5, 0.6) is 0 Å². The highest BCUT2D eigenvalue weighted by Crippen LogP contribution is 2.11. The van der Waals surface area contributed by atoms with E-state index in [9.17, 15) is 4.79 Å². The first-order valence-electron chi connectivity index (χ1n) is 4.80. The van der Waals surface area contributed by atoms with Gasteiger partial charge >= 0.3 is 5.97 Å². The highest BCUT2D eigenvalue weighted by atomic mass is 16.6. The molecule has 0 radical (unpaired) electrons. The quantitative estimate of drug-likeness (QED) is 0.769. The SMILES string of the molecule is CC(C)(C)OC(=O)CCc1cc(N)on1. The third-order valence-corrected chi connectivity index (χ3v) is 1.58. The number of carbonyl (C=O) groups excluding carboxylic acids is 1. The molecule has 5 nitrogen and oxygen atoms in total. The van der Waals surface area contributed by atoms with Gasteiger partial charge in [0.05, 0.1) is 12.1 Å². The minimum Gasteiger partial charge on any atom is -0.460 e. The molecule has 0 aliphatic rings. The van der Waals surface area contributed by atoms with Gasteiger partial charge in [-0.1, -0.05) is 5.16 Å². The Bertz CT molecular complexity index is 339. The molecule has 0 fully saturated rings. The van der Waals surface area contributed by atoms with Crippen molar-refractivity contribution in [2.75, 3.05) is 5.73 Å². The van der Waals surface area contributed by atoms with Crippen LogP contribution >= 0.6 is 0 Å². The fourth-order valence-electron chi connectivity index (χ4n) is 1.07. The van der Waals surface area contributed by atoms with Crippen LogP contribution in [0.1, 0.15) is 32.9 Å². The predicted molar refractivity (Wildman–Crippen MR) is 55.1 cm³/mol.